The second kappa shape index (κ2) is 4.35. The lowest BCUT2D eigenvalue weighted by atomic mass is 10.3. The molecule has 0 unspecified atom stereocenters. The lowest BCUT2D eigenvalue weighted by Gasteiger charge is -2.06. The van der Waals surface area contributed by atoms with Crippen LogP contribution in [-0.4, -0.2) is 20.6 Å². The van der Waals surface area contributed by atoms with Crippen molar-refractivity contribution in [2.45, 2.75) is 0 Å². The highest BCUT2D eigenvalue weighted by Crippen LogP contribution is 2.25. The Bertz CT molecular complexity index is 581. The van der Waals surface area contributed by atoms with Gasteiger partial charge < -0.3 is 5.11 Å². The first kappa shape index (κ1) is 11.9. The molecule has 1 aromatic carbocycles. The van der Waals surface area contributed by atoms with Crippen molar-refractivity contribution in [3.63, 3.8) is 0 Å². The highest BCUT2D eigenvalue weighted by atomic mass is 35.5. The summed E-state index contributed by atoms with van der Waals surface area (Å²) in [6, 6.07) is 5.13. The Hall–Kier alpha value is -1.59. The minimum Gasteiger partial charge on any atom is -0.476 e. The van der Waals surface area contributed by atoms with E-state index in [0.717, 1.165) is 4.57 Å². The van der Waals surface area contributed by atoms with Gasteiger partial charge in [0.15, 0.2) is 10.8 Å². The molecule has 0 bridgehead atoms. The van der Waals surface area contributed by atoms with Crippen LogP contribution in [0, 0.1) is 5.82 Å². The Balaban J connectivity index is 2.66. The SMILES string of the molecule is O=C(O)c1c(Cl)nc(Cl)n1-c1ccc(F)cc1. The van der Waals surface area contributed by atoms with E-state index < -0.39 is 11.8 Å². The Morgan fingerprint density at radius 2 is 1.88 bits per heavy atom. The molecule has 7 heteroatoms. The minimum absolute atomic E-state index is 0.0981. The number of carbonyl (C=O) groups is 1. The van der Waals surface area contributed by atoms with Crippen LogP contribution in [0.4, 0.5) is 4.39 Å². The van der Waals surface area contributed by atoms with Gasteiger partial charge in [-0.25, -0.2) is 14.2 Å². The predicted molar refractivity (Wildman–Crippen MR) is 60.5 cm³/mol. The molecule has 1 aromatic heterocycles. The molecular formula is C10H5Cl2FN2O2. The number of carboxylic acids is 1. The number of hydrogen-bond donors (Lipinski definition) is 1. The Morgan fingerprint density at radius 1 is 1.29 bits per heavy atom. The molecule has 1 heterocycles. The van der Waals surface area contributed by atoms with Crippen LogP contribution >= 0.6 is 23.2 Å². The van der Waals surface area contributed by atoms with Gasteiger partial charge >= 0.3 is 5.97 Å². The van der Waals surface area contributed by atoms with Crippen LogP contribution in [0.25, 0.3) is 5.69 Å². The number of imidazole rings is 1. The summed E-state index contributed by atoms with van der Waals surface area (Å²) < 4.78 is 13.9. The summed E-state index contributed by atoms with van der Waals surface area (Å²) in [5, 5.41) is 8.68. The molecule has 4 nitrogen and oxygen atoms in total. The third-order valence-electron chi connectivity index (χ3n) is 2.08. The Morgan fingerprint density at radius 3 is 2.41 bits per heavy atom. The van der Waals surface area contributed by atoms with Crippen LogP contribution in [0.15, 0.2) is 24.3 Å². The average molecular weight is 275 g/mol. The van der Waals surface area contributed by atoms with Gasteiger partial charge in [0.05, 0.1) is 0 Å². The molecule has 0 aliphatic carbocycles. The van der Waals surface area contributed by atoms with E-state index in [2.05, 4.69) is 4.98 Å². The third-order valence-corrected chi connectivity index (χ3v) is 2.60. The van der Waals surface area contributed by atoms with E-state index >= 15 is 0 Å². The molecule has 88 valence electrons. The number of nitrogens with zero attached hydrogens (tertiary/aromatic N) is 2. The maximum Gasteiger partial charge on any atom is 0.356 e. The number of rotatable bonds is 2. The second-order valence-electron chi connectivity index (χ2n) is 3.14. The molecule has 2 aromatic rings. The van der Waals surface area contributed by atoms with E-state index in [1.807, 2.05) is 0 Å². The molecule has 0 spiro atoms. The molecule has 0 radical (unpaired) electrons. The van der Waals surface area contributed by atoms with Gasteiger partial charge in [0.2, 0.25) is 5.28 Å². The van der Waals surface area contributed by atoms with Gasteiger partial charge in [-0.2, -0.15) is 0 Å². The molecule has 0 saturated heterocycles. The number of aromatic carboxylic acids is 1. The van der Waals surface area contributed by atoms with Crippen molar-refractivity contribution in [3.05, 3.63) is 46.2 Å². The number of carboxylic acid groups (broad SMARTS) is 1. The summed E-state index contributed by atoms with van der Waals surface area (Å²) in [4.78, 5) is 14.7. The minimum atomic E-state index is -1.27. The topological polar surface area (TPSA) is 55.1 Å². The standard InChI is InChI=1S/C10H5Cl2FN2O2/c11-8-7(9(16)17)15(10(12)14-8)6-3-1-5(13)2-4-6/h1-4H,(H,16,17). The van der Waals surface area contributed by atoms with Crippen LogP contribution in [-0.2, 0) is 0 Å². The van der Waals surface area contributed by atoms with Crippen LogP contribution in [0.5, 0.6) is 0 Å². The average Bonchev–Trinajstić information content (AvgIpc) is 2.55. The monoisotopic (exact) mass is 274 g/mol. The lowest BCUT2D eigenvalue weighted by molar-refractivity contribution is 0.0688. The molecule has 1 N–H and O–H groups in total. The van der Waals surface area contributed by atoms with E-state index in [1.54, 1.807) is 0 Å². The lowest BCUT2D eigenvalue weighted by Crippen LogP contribution is -2.07. The fourth-order valence-electron chi connectivity index (χ4n) is 1.38. The van der Waals surface area contributed by atoms with Crippen molar-refractivity contribution in [1.82, 2.24) is 9.55 Å². The summed E-state index contributed by atoms with van der Waals surface area (Å²) >= 11 is 11.4. The smallest absolute Gasteiger partial charge is 0.356 e. The van der Waals surface area contributed by atoms with Crippen LogP contribution in [0.1, 0.15) is 10.5 Å². The van der Waals surface area contributed by atoms with Crippen molar-refractivity contribution in [2.75, 3.05) is 0 Å². The van der Waals surface area contributed by atoms with E-state index in [4.69, 9.17) is 28.3 Å². The first-order valence-corrected chi connectivity index (χ1v) is 5.19. The van der Waals surface area contributed by atoms with E-state index in [0.29, 0.717) is 5.69 Å². The molecule has 17 heavy (non-hydrogen) atoms. The van der Waals surface area contributed by atoms with Crippen molar-refractivity contribution in [3.8, 4) is 5.69 Å². The first-order chi connectivity index (χ1) is 8.00. The summed E-state index contributed by atoms with van der Waals surface area (Å²) in [5.41, 5.74) is 0.108. The zero-order valence-corrected chi connectivity index (χ0v) is 9.71. The summed E-state index contributed by atoms with van der Waals surface area (Å²) in [6.45, 7) is 0. The summed E-state index contributed by atoms with van der Waals surface area (Å²) in [5.74, 6) is -1.70. The second-order valence-corrected chi connectivity index (χ2v) is 3.83. The fourth-order valence-corrected chi connectivity index (χ4v) is 1.93. The van der Waals surface area contributed by atoms with Crippen LogP contribution in [0.3, 0.4) is 0 Å². The van der Waals surface area contributed by atoms with E-state index in [-0.39, 0.29) is 16.1 Å². The van der Waals surface area contributed by atoms with Gasteiger partial charge in [0.1, 0.15) is 5.82 Å². The largest absolute Gasteiger partial charge is 0.476 e. The zero-order valence-electron chi connectivity index (χ0n) is 8.19. The number of aromatic nitrogens is 2. The van der Waals surface area contributed by atoms with Gasteiger partial charge in [-0.05, 0) is 35.9 Å². The molecule has 2 rings (SSSR count). The fraction of sp³-hybridized carbons (Fsp3) is 0. The number of benzene rings is 1. The number of hydrogen-bond acceptors (Lipinski definition) is 2. The summed E-state index contributed by atoms with van der Waals surface area (Å²) in [7, 11) is 0. The van der Waals surface area contributed by atoms with Gasteiger partial charge in [0, 0.05) is 5.69 Å². The van der Waals surface area contributed by atoms with E-state index in [1.165, 1.54) is 24.3 Å². The zero-order chi connectivity index (χ0) is 12.6. The first-order valence-electron chi connectivity index (χ1n) is 4.43. The Labute approximate surface area is 105 Å². The third kappa shape index (κ3) is 2.11. The number of halogens is 3. The van der Waals surface area contributed by atoms with E-state index in [9.17, 15) is 9.18 Å². The van der Waals surface area contributed by atoms with Gasteiger partial charge in [-0.15, -0.1) is 0 Å². The Kier molecular flexibility index (Phi) is 3.04. The maximum atomic E-state index is 12.8. The van der Waals surface area contributed by atoms with Crippen molar-refractivity contribution in [1.29, 1.82) is 0 Å². The van der Waals surface area contributed by atoms with Crippen molar-refractivity contribution >= 4 is 29.2 Å². The quantitative estimate of drug-likeness (QED) is 0.916. The normalized spacial score (nSPS) is 10.5. The van der Waals surface area contributed by atoms with Crippen LogP contribution < -0.4 is 0 Å². The highest BCUT2D eigenvalue weighted by molar-refractivity contribution is 6.34. The van der Waals surface area contributed by atoms with Crippen molar-refractivity contribution in [2.24, 2.45) is 0 Å². The highest BCUT2D eigenvalue weighted by Gasteiger charge is 2.21. The van der Waals surface area contributed by atoms with Crippen LogP contribution in [0.2, 0.25) is 10.4 Å². The van der Waals surface area contributed by atoms with Gasteiger partial charge in [-0.1, -0.05) is 11.6 Å². The molecule has 0 saturated carbocycles. The molecule has 0 amide bonds. The van der Waals surface area contributed by atoms with Crippen molar-refractivity contribution < 1.29 is 14.3 Å². The van der Waals surface area contributed by atoms with Gasteiger partial charge in [0.25, 0.3) is 0 Å². The molecule has 0 aliphatic heterocycles. The van der Waals surface area contributed by atoms with Gasteiger partial charge in [-0.3, -0.25) is 4.57 Å². The maximum absolute atomic E-state index is 12.8. The molecule has 0 fully saturated rings. The molecule has 0 aliphatic rings. The molecule has 0 atom stereocenters. The predicted octanol–water partition coefficient (Wildman–Crippen LogP) is 3.02. The summed E-state index contributed by atoms with van der Waals surface area (Å²) in [6.07, 6.45) is 0. The molecular weight excluding hydrogens is 270 g/mol.